The third-order valence-corrected chi connectivity index (χ3v) is 8.75. The Labute approximate surface area is 180 Å². The summed E-state index contributed by atoms with van der Waals surface area (Å²) in [6, 6.07) is 8.29. The van der Waals surface area contributed by atoms with Crippen LogP contribution >= 0.6 is 0 Å². The van der Waals surface area contributed by atoms with Gasteiger partial charge in [-0.1, -0.05) is 30.4 Å². The average molecular weight is 410 g/mol. The zero-order valence-electron chi connectivity index (χ0n) is 18.8. The zero-order chi connectivity index (χ0) is 21.2. The van der Waals surface area contributed by atoms with E-state index < -0.39 is 5.54 Å². The molecule has 7 unspecified atom stereocenters. The van der Waals surface area contributed by atoms with Crippen molar-refractivity contribution in [2.45, 2.75) is 64.2 Å². The minimum atomic E-state index is -0.459. The summed E-state index contributed by atoms with van der Waals surface area (Å²) in [4.78, 5) is 14.7. The first kappa shape index (κ1) is 20.1. The quantitative estimate of drug-likeness (QED) is 0.605. The zero-order valence-corrected chi connectivity index (χ0v) is 18.8. The fourth-order valence-corrected chi connectivity index (χ4v) is 6.57. The van der Waals surface area contributed by atoms with Gasteiger partial charge in [-0.25, -0.2) is 4.79 Å². The number of rotatable bonds is 5. The second-order valence-corrected chi connectivity index (χ2v) is 10.7. The van der Waals surface area contributed by atoms with Gasteiger partial charge < -0.3 is 14.4 Å². The fourth-order valence-electron chi connectivity index (χ4n) is 6.57. The van der Waals surface area contributed by atoms with E-state index in [1.807, 2.05) is 20.0 Å². The molecular weight excluding hydrogens is 374 g/mol. The highest BCUT2D eigenvalue weighted by molar-refractivity contribution is 5.69. The number of carbonyl (C=O) groups excluding carboxylic acids is 1. The van der Waals surface area contributed by atoms with E-state index in [4.69, 9.17) is 9.47 Å². The summed E-state index contributed by atoms with van der Waals surface area (Å²) in [7, 11) is 1.85. The van der Waals surface area contributed by atoms with Gasteiger partial charge in [-0.15, -0.1) is 0 Å². The summed E-state index contributed by atoms with van der Waals surface area (Å²) in [5.74, 6) is 3.55. The molecule has 1 amide bonds. The lowest BCUT2D eigenvalue weighted by Gasteiger charge is -2.38. The Morgan fingerprint density at radius 3 is 2.70 bits per heavy atom. The van der Waals surface area contributed by atoms with Crippen LogP contribution in [0.3, 0.4) is 0 Å². The van der Waals surface area contributed by atoms with Crippen molar-refractivity contribution in [3.63, 3.8) is 0 Å². The maximum Gasteiger partial charge on any atom is 0.410 e. The number of nitrogens with zero attached hydrogens (tertiary/aromatic N) is 1. The number of hydrogen-bond donors (Lipinski definition) is 0. The molecule has 30 heavy (non-hydrogen) atoms. The van der Waals surface area contributed by atoms with Gasteiger partial charge >= 0.3 is 6.09 Å². The largest absolute Gasteiger partial charge is 0.449 e. The molecule has 4 nitrogen and oxygen atoms in total. The number of hydrogen-bond acceptors (Lipinski definition) is 3. The Bertz CT molecular complexity index is 862. The number of fused-ring (bicyclic) bond motifs is 8. The number of amides is 1. The Balaban J connectivity index is 1.23. The maximum atomic E-state index is 13.0. The monoisotopic (exact) mass is 409 g/mol. The highest BCUT2D eigenvalue weighted by Gasteiger charge is 2.60. The molecule has 1 heterocycles. The Kier molecular flexibility index (Phi) is 4.77. The van der Waals surface area contributed by atoms with Crippen LogP contribution in [0.2, 0.25) is 0 Å². The molecule has 1 saturated heterocycles. The van der Waals surface area contributed by atoms with E-state index in [9.17, 15) is 4.79 Å². The Hall–Kier alpha value is -1.81. The van der Waals surface area contributed by atoms with Crippen LogP contribution < -0.4 is 0 Å². The third-order valence-electron chi connectivity index (χ3n) is 8.75. The third kappa shape index (κ3) is 3.28. The molecule has 0 aromatic heterocycles. The molecule has 1 aromatic carbocycles. The summed E-state index contributed by atoms with van der Waals surface area (Å²) >= 11 is 0. The topological polar surface area (TPSA) is 42.1 Å². The molecule has 7 atom stereocenters. The summed E-state index contributed by atoms with van der Waals surface area (Å²) in [5.41, 5.74) is 2.76. The van der Waals surface area contributed by atoms with Gasteiger partial charge in [-0.05, 0) is 93.2 Å². The van der Waals surface area contributed by atoms with Gasteiger partial charge in [0.15, 0.2) is 0 Å². The van der Waals surface area contributed by atoms with Crippen LogP contribution in [-0.2, 0) is 15.0 Å². The molecule has 5 rings (SSSR count). The molecule has 162 valence electrons. The SMILES string of the molecule is C=C(C)c1cccc(C(C)(C)N(C)C(=O)OCC2CC3CC2C2CC3CC3OC32)c1. The predicted molar refractivity (Wildman–Crippen MR) is 118 cm³/mol. The molecule has 0 N–H and O–H groups in total. The van der Waals surface area contributed by atoms with Gasteiger partial charge in [0.25, 0.3) is 0 Å². The van der Waals surface area contributed by atoms with Crippen molar-refractivity contribution >= 4 is 11.7 Å². The first-order valence-electron chi connectivity index (χ1n) is 11.6. The summed E-state index contributed by atoms with van der Waals surface area (Å²) in [6.07, 6.45) is 5.97. The summed E-state index contributed by atoms with van der Waals surface area (Å²) in [6.45, 7) is 10.7. The molecule has 4 aliphatic rings. The lowest BCUT2D eigenvalue weighted by atomic mass is 9.65. The van der Waals surface area contributed by atoms with E-state index in [2.05, 4.69) is 38.6 Å². The van der Waals surface area contributed by atoms with Crippen molar-refractivity contribution < 1.29 is 14.3 Å². The van der Waals surface area contributed by atoms with Crippen molar-refractivity contribution in [1.82, 2.24) is 4.90 Å². The van der Waals surface area contributed by atoms with Gasteiger partial charge in [0.2, 0.25) is 0 Å². The van der Waals surface area contributed by atoms with Crippen molar-refractivity contribution in [2.75, 3.05) is 13.7 Å². The van der Waals surface area contributed by atoms with E-state index in [-0.39, 0.29) is 6.09 Å². The summed E-state index contributed by atoms with van der Waals surface area (Å²) in [5, 5.41) is 0. The highest BCUT2D eigenvalue weighted by atomic mass is 16.6. The Morgan fingerprint density at radius 2 is 1.93 bits per heavy atom. The van der Waals surface area contributed by atoms with Crippen LogP contribution in [0.15, 0.2) is 30.8 Å². The van der Waals surface area contributed by atoms with Crippen LogP contribution in [0, 0.1) is 29.6 Å². The predicted octanol–water partition coefficient (Wildman–Crippen LogP) is 5.47. The molecule has 4 heteroatoms. The molecular formula is C26H35NO3. The highest BCUT2D eigenvalue weighted by Crippen LogP contribution is 2.61. The molecule has 3 saturated carbocycles. The van der Waals surface area contributed by atoms with Crippen LogP contribution in [0.4, 0.5) is 4.79 Å². The minimum Gasteiger partial charge on any atom is -0.449 e. The van der Waals surface area contributed by atoms with Crippen molar-refractivity contribution in [1.29, 1.82) is 0 Å². The van der Waals surface area contributed by atoms with Gasteiger partial charge in [0.05, 0.1) is 24.4 Å². The number of allylic oxidation sites excluding steroid dienone is 1. The van der Waals surface area contributed by atoms with E-state index >= 15 is 0 Å². The first-order chi connectivity index (χ1) is 14.3. The van der Waals surface area contributed by atoms with Crippen LogP contribution in [0.5, 0.6) is 0 Å². The normalized spacial score (nSPS) is 36.1. The van der Waals surface area contributed by atoms with Crippen molar-refractivity contribution in [3.8, 4) is 0 Å². The minimum absolute atomic E-state index is 0.231. The van der Waals surface area contributed by atoms with Gasteiger partial charge in [-0.3, -0.25) is 0 Å². The molecule has 4 bridgehead atoms. The standard InChI is InChI=1S/C26H35NO3/c1-15(2)16-7-6-8-20(10-16)26(3,4)27(5)25(28)29-14-19-9-17-11-21(19)22-12-18(17)13-23-24(22)30-23/h6-8,10,17-19,21-24H,1,9,11-14H2,2-5H3. The maximum absolute atomic E-state index is 13.0. The van der Waals surface area contributed by atoms with Crippen molar-refractivity contribution in [2.24, 2.45) is 29.6 Å². The smallest absolute Gasteiger partial charge is 0.410 e. The van der Waals surface area contributed by atoms with Gasteiger partial charge in [-0.2, -0.15) is 0 Å². The van der Waals surface area contributed by atoms with Gasteiger partial charge in [0, 0.05) is 7.05 Å². The number of epoxide rings is 1. The molecule has 4 fully saturated rings. The number of carbonyl (C=O) groups is 1. The van der Waals surface area contributed by atoms with E-state index in [1.165, 1.54) is 25.7 Å². The average Bonchev–Trinajstić information content (AvgIpc) is 3.42. The molecule has 1 aromatic rings. The first-order valence-corrected chi connectivity index (χ1v) is 11.6. The lowest BCUT2D eigenvalue weighted by Crippen LogP contribution is -2.43. The van der Waals surface area contributed by atoms with Crippen molar-refractivity contribution in [3.05, 3.63) is 42.0 Å². The van der Waals surface area contributed by atoms with E-state index in [0.29, 0.717) is 36.6 Å². The van der Waals surface area contributed by atoms with Crippen LogP contribution in [-0.4, -0.2) is 36.9 Å². The molecule has 0 spiro atoms. The second kappa shape index (κ2) is 7.12. The number of ether oxygens (including phenoxy) is 2. The van der Waals surface area contributed by atoms with Crippen LogP contribution in [0.1, 0.15) is 57.6 Å². The molecule has 3 aliphatic carbocycles. The lowest BCUT2D eigenvalue weighted by molar-refractivity contribution is 0.0488. The van der Waals surface area contributed by atoms with E-state index in [0.717, 1.165) is 28.5 Å². The van der Waals surface area contributed by atoms with Crippen LogP contribution in [0.25, 0.3) is 5.57 Å². The Morgan fingerprint density at radius 1 is 1.20 bits per heavy atom. The summed E-state index contributed by atoms with van der Waals surface area (Å²) < 4.78 is 11.9. The fraction of sp³-hybridized carbons (Fsp3) is 0.654. The number of benzene rings is 1. The van der Waals surface area contributed by atoms with Gasteiger partial charge in [0.1, 0.15) is 0 Å². The van der Waals surface area contributed by atoms with E-state index in [1.54, 1.807) is 4.90 Å². The molecule has 1 aliphatic heterocycles. The second-order valence-electron chi connectivity index (χ2n) is 10.7. The molecule has 0 radical (unpaired) electrons.